The fourth-order valence-electron chi connectivity index (χ4n) is 2.61. The summed E-state index contributed by atoms with van der Waals surface area (Å²) in [5.41, 5.74) is 2.38. The summed E-state index contributed by atoms with van der Waals surface area (Å²) < 4.78 is 20.0. The van der Waals surface area contributed by atoms with E-state index in [1.165, 1.54) is 12.1 Å². The van der Waals surface area contributed by atoms with Crippen LogP contribution in [0.25, 0.3) is 17.2 Å². The molecule has 0 unspecified atom stereocenters. The normalized spacial score (nSPS) is 11.2. The number of aromatic nitrogens is 6. The minimum absolute atomic E-state index is 0.272. The van der Waals surface area contributed by atoms with Crippen LogP contribution in [-0.4, -0.2) is 41.8 Å². The molecule has 27 heavy (non-hydrogen) atoms. The molecule has 0 aliphatic heterocycles. The van der Waals surface area contributed by atoms with Gasteiger partial charge in [-0.3, -0.25) is 9.88 Å². The Labute approximate surface area is 154 Å². The number of halogens is 1. The van der Waals surface area contributed by atoms with Crippen LogP contribution in [0.3, 0.4) is 0 Å². The molecule has 0 aliphatic carbocycles. The lowest BCUT2D eigenvalue weighted by Gasteiger charge is -2.12. The van der Waals surface area contributed by atoms with Crippen molar-refractivity contribution >= 4 is 0 Å². The number of hydrogen-bond acceptors (Lipinski definition) is 7. The Morgan fingerprint density at radius 3 is 2.74 bits per heavy atom. The highest BCUT2D eigenvalue weighted by Gasteiger charge is 2.12. The number of benzene rings is 1. The fraction of sp³-hybridized carbons (Fsp3) is 0.167. The highest BCUT2D eigenvalue weighted by Crippen LogP contribution is 2.14. The van der Waals surface area contributed by atoms with Crippen molar-refractivity contribution in [2.24, 2.45) is 0 Å². The van der Waals surface area contributed by atoms with Gasteiger partial charge in [-0.15, -0.1) is 0 Å². The highest BCUT2D eigenvalue weighted by atomic mass is 19.1. The van der Waals surface area contributed by atoms with Crippen molar-refractivity contribution in [3.05, 3.63) is 72.5 Å². The smallest absolute Gasteiger partial charge is 0.241 e. The van der Waals surface area contributed by atoms with Crippen LogP contribution < -0.4 is 0 Å². The largest absolute Gasteiger partial charge is 0.337 e. The first-order chi connectivity index (χ1) is 13.2. The second-order valence-corrected chi connectivity index (χ2v) is 6.04. The van der Waals surface area contributed by atoms with E-state index >= 15 is 0 Å². The lowest BCUT2D eigenvalue weighted by molar-refractivity contribution is 0.261. The predicted molar refractivity (Wildman–Crippen MR) is 94.0 cm³/mol. The maximum atomic E-state index is 13.0. The van der Waals surface area contributed by atoms with E-state index in [-0.39, 0.29) is 5.82 Å². The molecule has 0 bridgehead atoms. The van der Waals surface area contributed by atoms with Gasteiger partial charge < -0.3 is 4.52 Å². The van der Waals surface area contributed by atoms with Gasteiger partial charge in [0.15, 0.2) is 0 Å². The quantitative estimate of drug-likeness (QED) is 0.519. The highest BCUT2D eigenvalue weighted by molar-refractivity contribution is 5.45. The Bertz CT molecular complexity index is 1010. The standard InChI is InChI=1S/C18H16FN7O/c1-25(12-17-23-18(24-27-17)16-9-20-6-7-21-16)10-13-8-22-26(11-13)15-4-2-14(19)3-5-15/h2-9,11H,10,12H2,1H3. The molecule has 0 spiro atoms. The molecule has 0 amide bonds. The third-order valence-corrected chi connectivity index (χ3v) is 3.85. The summed E-state index contributed by atoms with van der Waals surface area (Å²) in [7, 11) is 1.95. The second-order valence-electron chi connectivity index (χ2n) is 6.04. The van der Waals surface area contributed by atoms with E-state index in [4.69, 9.17) is 4.52 Å². The summed E-state index contributed by atoms with van der Waals surface area (Å²) in [5, 5.41) is 8.26. The van der Waals surface area contributed by atoms with Crippen molar-refractivity contribution in [3.63, 3.8) is 0 Å². The molecule has 4 rings (SSSR count). The number of hydrogen-bond donors (Lipinski definition) is 0. The number of nitrogens with zero attached hydrogens (tertiary/aromatic N) is 7. The van der Waals surface area contributed by atoms with Crippen LogP contribution in [0, 0.1) is 5.82 Å². The number of rotatable bonds is 6. The van der Waals surface area contributed by atoms with E-state index in [0.717, 1.165) is 11.3 Å². The van der Waals surface area contributed by atoms with E-state index in [2.05, 4.69) is 25.2 Å². The van der Waals surface area contributed by atoms with Crippen molar-refractivity contribution in [1.82, 2.24) is 34.8 Å². The van der Waals surface area contributed by atoms with Crippen LogP contribution in [0.15, 0.2) is 59.8 Å². The zero-order valence-corrected chi connectivity index (χ0v) is 14.5. The summed E-state index contributed by atoms with van der Waals surface area (Å²) in [4.78, 5) is 14.5. The van der Waals surface area contributed by atoms with Crippen LogP contribution in [0.2, 0.25) is 0 Å². The molecule has 0 fully saturated rings. The monoisotopic (exact) mass is 365 g/mol. The molecule has 8 nitrogen and oxygen atoms in total. The molecular weight excluding hydrogens is 349 g/mol. The molecule has 3 heterocycles. The molecule has 0 radical (unpaired) electrons. The van der Waals surface area contributed by atoms with Crippen molar-refractivity contribution in [3.8, 4) is 17.2 Å². The van der Waals surface area contributed by atoms with Gasteiger partial charge in [0.1, 0.15) is 11.5 Å². The SMILES string of the molecule is CN(Cc1cnn(-c2ccc(F)cc2)c1)Cc1nc(-c2cnccn2)no1. The van der Waals surface area contributed by atoms with Gasteiger partial charge in [0.2, 0.25) is 11.7 Å². The van der Waals surface area contributed by atoms with Crippen molar-refractivity contribution in [2.75, 3.05) is 7.05 Å². The first kappa shape index (κ1) is 17.0. The first-order valence-electron chi connectivity index (χ1n) is 8.24. The minimum atomic E-state index is -0.272. The maximum Gasteiger partial charge on any atom is 0.241 e. The average Bonchev–Trinajstić information content (AvgIpc) is 3.33. The zero-order valence-electron chi connectivity index (χ0n) is 14.5. The zero-order chi connectivity index (χ0) is 18.6. The third-order valence-electron chi connectivity index (χ3n) is 3.85. The Kier molecular flexibility index (Phi) is 4.67. The summed E-state index contributed by atoms with van der Waals surface area (Å²) in [5.74, 6) is 0.631. The minimum Gasteiger partial charge on any atom is -0.337 e. The summed E-state index contributed by atoms with van der Waals surface area (Å²) >= 11 is 0. The van der Waals surface area contributed by atoms with E-state index in [0.29, 0.717) is 30.5 Å². The molecule has 9 heteroatoms. The van der Waals surface area contributed by atoms with E-state index in [9.17, 15) is 4.39 Å². The average molecular weight is 365 g/mol. The molecular formula is C18H16FN7O. The van der Waals surface area contributed by atoms with Crippen LogP contribution in [-0.2, 0) is 13.1 Å². The van der Waals surface area contributed by atoms with E-state index < -0.39 is 0 Å². The van der Waals surface area contributed by atoms with Gasteiger partial charge in [-0.25, -0.2) is 14.1 Å². The maximum absolute atomic E-state index is 13.0. The molecule has 136 valence electrons. The molecule has 0 saturated heterocycles. The Balaban J connectivity index is 1.39. The van der Waals surface area contributed by atoms with Crippen molar-refractivity contribution in [1.29, 1.82) is 0 Å². The molecule has 0 saturated carbocycles. The fourth-order valence-corrected chi connectivity index (χ4v) is 2.61. The van der Waals surface area contributed by atoms with Crippen molar-refractivity contribution in [2.45, 2.75) is 13.1 Å². The molecule has 4 aromatic rings. The molecule has 1 aromatic carbocycles. The van der Waals surface area contributed by atoms with E-state index in [1.807, 2.05) is 18.1 Å². The lowest BCUT2D eigenvalue weighted by atomic mass is 10.3. The predicted octanol–water partition coefficient (Wildman–Crippen LogP) is 2.48. The second kappa shape index (κ2) is 7.42. The van der Waals surface area contributed by atoms with Crippen LogP contribution in [0.1, 0.15) is 11.5 Å². The Hall–Kier alpha value is -3.46. The molecule has 3 aromatic heterocycles. The lowest BCUT2D eigenvalue weighted by Crippen LogP contribution is -2.17. The van der Waals surface area contributed by atoms with Gasteiger partial charge in [0.25, 0.3) is 0 Å². The summed E-state index contributed by atoms with van der Waals surface area (Å²) in [6.07, 6.45) is 8.43. The van der Waals surface area contributed by atoms with Crippen LogP contribution in [0.4, 0.5) is 4.39 Å². The summed E-state index contributed by atoms with van der Waals surface area (Å²) in [6.45, 7) is 1.12. The van der Waals surface area contributed by atoms with Crippen LogP contribution >= 0.6 is 0 Å². The molecule has 0 N–H and O–H groups in total. The Morgan fingerprint density at radius 2 is 1.96 bits per heavy atom. The third kappa shape index (κ3) is 4.04. The molecule has 0 aliphatic rings. The van der Waals surface area contributed by atoms with Crippen molar-refractivity contribution < 1.29 is 8.91 Å². The topological polar surface area (TPSA) is 85.8 Å². The van der Waals surface area contributed by atoms with Gasteiger partial charge in [-0.05, 0) is 31.3 Å². The molecule has 0 atom stereocenters. The summed E-state index contributed by atoms with van der Waals surface area (Å²) in [6, 6.07) is 6.19. The van der Waals surface area contributed by atoms with E-state index in [1.54, 1.807) is 41.6 Å². The van der Waals surface area contributed by atoms with Crippen LogP contribution in [0.5, 0.6) is 0 Å². The van der Waals surface area contributed by atoms with Gasteiger partial charge >= 0.3 is 0 Å². The van der Waals surface area contributed by atoms with Gasteiger partial charge in [0, 0.05) is 30.7 Å². The van der Waals surface area contributed by atoms with Gasteiger partial charge in [0.05, 0.1) is 24.6 Å². The first-order valence-corrected chi connectivity index (χ1v) is 8.24. The van der Waals surface area contributed by atoms with Gasteiger partial charge in [-0.1, -0.05) is 5.16 Å². The van der Waals surface area contributed by atoms with Gasteiger partial charge in [-0.2, -0.15) is 10.1 Å². The Morgan fingerprint density at radius 1 is 1.11 bits per heavy atom.